The molecule has 176 valence electrons. The molecule has 1 unspecified atom stereocenters. The van der Waals surface area contributed by atoms with E-state index < -0.39 is 29.2 Å². The molecular formula is C27H20FNO5S. The van der Waals surface area contributed by atoms with Crippen LogP contribution in [-0.2, 0) is 4.74 Å². The van der Waals surface area contributed by atoms with Crippen LogP contribution in [0.2, 0.25) is 0 Å². The number of hydrogen-bond donors (Lipinski definition) is 0. The Bertz CT molecular complexity index is 1510. The first-order valence-electron chi connectivity index (χ1n) is 10.9. The van der Waals surface area contributed by atoms with E-state index in [4.69, 9.17) is 9.15 Å². The number of nitrogens with zero attached hydrogens (tertiary/aromatic N) is 1. The number of carbonyl (C=O) groups excluding carboxylic acids is 2. The summed E-state index contributed by atoms with van der Waals surface area (Å²) in [4.78, 5) is 41.7. The molecule has 5 rings (SSSR count). The largest absolute Gasteiger partial charge is 0.462 e. The van der Waals surface area contributed by atoms with Crippen molar-refractivity contribution in [3.05, 3.63) is 105 Å². The lowest BCUT2D eigenvalue weighted by atomic mass is 9.98. The van der Waals surface area contributed by atoms with Crippen LogP contribution in [0.3, 0.4) is 0 Å². The van der Waals surface area contributed by atoms with Gasteiger partial charge in [0, 0.05) is 10.6 Å². The maximum absolute atomic E-state index is 14.0. The summed E-state index contributed by atoms with van der Waals surface area (Å²) in [6.45, 7) is 1.97. The Hall–Kier alpha value is -3.91. The van der Waals surface area contributed by atoms with Crippen LogP contribution in [0.25, 0.3) is 11.0 Å². The lowest BCUT2D eigenvalue weighted by molar-refractivity contribution is 0.0526. The third kappa shape index (κ3) is 3.89. The second kappa shape index (κ2) is 9.03. The molecule has 0 N–H and O–H groups in total. The number of carbonyl (C=O) groups is 2. The Morgan fingerprint density at radius 3 is 2.43 bits per heavy atom. The zero-order valence-electron chi connectivity index (χ0n) is 18.9. The number of halogens is 1. The van der Waals surface area contributed by atoms with Gasteiger partial charge in [0.1, 0.15) is 11.4 Å². The van der Waals surface area contributed by atoms with Gasteiger partial charge in [0.25, 0.3) is 5.91 Å². The number of anilines is 1. The third-order valence-electron chi connectivity index (χ3n) is 5.92. The minimum atomic E-state index is -0.786. The van der Waals surface area contributed by atoms with Crippen LogP contribution in [0, 0.1) is 5.82 Å². The number of amides is 1. The standard InChI is InChI=1S/C27H20FNO5S/c1-3-33-27(32)16-4-9-18(10-5-16)29-23(15-6-11-19(35-2)12-7-15)22-24(30)20-14-17(28)8-13-21(20)34-25(22)26(29)31/h4-14,23H,3H2,1-2H3. The second-order valence-corrected chi connectivity index (χ2v) is 8.81. The van der Waals surface area contributed by atoms with Gasteiger partial charge < -0.3 is 9.15 Å². The molecule has 0 radical (unpaired) electrons. The number of benzene rings is 3. The quantitative estimate of drug-likeness (QED) is 0.269. The molecule has 0 bridgehead atoms. The highest BCUT2D eigenvalue weighted by Gasteiger charge is 2.43. The van der Waals surface area contributed by atoms with Crippen molar-refractivity contribution in [3.8, 4) is 0 Å². The van der Waals surface area contributed by atoms with Crippen LogP contribution >= 0.6 is 11.8 Å². The maximum atomic E-state index is 14.0. The molecule has 0 spiro atoms. The van der Waals surface area contributed by atoms with Crippen molar-refractivity contribution in [1.29, 1.82) is 0 Å². The van der Waals surface area contributed by atoms with E-state index in [9.17, 15) is 18.8 Å². The summed E-state index contributed by atoms with van der Waals surface area (Å²) in [5.41, 5.74) is 1.35. The van der Waals surface area contributed by atoms with Crippen LogP contribution < -0.4 is 10.3 Å². The molecule has 6 nitrogen and oxygen atoms in total. The minimum Gasteiger partial charge on any atom is -0.462 e. The maximum Gasteiger partial charge on any atom is 0.338 e. The van der Waals surface area contributed by atoms with Crippen molar-refractivity contribution in [1.82, 2.24) is 0 Å². The number of thioether (sulfide) groups is 1. The molecular weight excluding hydrogens is 469 g/mol. The van der Waals surface area contributed by atoms with E-state index in [-0.39, 0.29) is 28.9 Å². The zero-order chi connectivity index (χ0) is 24.7. The fourth-order valence-corrected chi connectivity index (χ4v) is 4.69. The van der Waals surface area contributed by atoms with Crippen LogP contribution in [-0.4, -0.2) is 24.7 Å². The Kier molecular flexibility index (Phi) is 5.90. The predicted molar refractivity (Wildman–Crippen MR) is 132 cm³/mol. The molecule has 0 aliphatic carbocycles. The van der Waals surface area contributed by atoms with E-state index >= 15 is 0 Å². The average Bonchev–Trinajstić information content (AvgIpc) is 3.17. The molecule has 4 aromatic rings. The summed E-state index contributed by atoms with van der Waals surface area (Å²) in [7, 11) is 0. The average molecular weight is 490 g/mol. The zero-order valence-corrected chi connectivity index (χ0v) is 19.7. The summed E-state index contributed by atoms with van der Waals surface area (Å²) >= 11 is 1.57. The molecule has 1 aromatic heterocycles. The van der Waals surface area contributed by atoms with Gasteiger partial charge in [0.05, 0.1) is 29.2 Å². The van der Waals surface area contributed by atoms with Gasteiger partial charge in [0.15, 0.2) is 5.43 Å². The summed E-state index contributed by atoms with van der Waals surface area (Å²) in [6.07, 6.45) is 1.95. The van der Waals surface area contributed by atoms with Gasteiger partial charge in [0.2, 0.25) is 5.76 Å². The molecule has 35 heavy (non-hydrogen) atoms. The van der Waals surface area contributed by atoms with Gasteiger partial charge in [-0.3, -0.25) is 14.5 Å². The van der Waals surface area contributed by atoms with Crippen molar-refractivity contribution in [2.45, 2.75) is 17.9 Å². The number of hydrogen-bond acceptors (Lipinski definition) is 6. The molecule has 0 saturated carbocycles. The van der Waals surface area contributed by atoms with Crippen molar-refractivity contribution < 1.29 is 23.1 Å². The number of fused-ring (bicyclic) bond motifs is 2. The highest BCUT2D eigenvalue weighted by molar-refractivity contribution is 7.98. The highest BCUT2D eigenvalue weighted by Crippen LogP contribution is 2.41. The van der Waals surface area contributed by atoms with Crippen LogP contribution in [0.4, 0.5) is 10.1 Å². The van der Waals surface area contributed by atoms with E-state index in [1.54, 1.807) is 43.0 Å². The summed E-state index contributed by atoms with van der Waals surface area (Å²) in [5.74, 6) is -1.61. The van der Waals surface area contributed by atoms with E-state index in [2.05, 4.69) is 0 Å². The van der Waals surface area contributed by atoms with Gasteiger partial charge in [-0.05, 0) is 73.3 Å². The summed E-state index contributed by atoms with van der Waals surface area (Å²) in [6, 6.07) is 16.8. The fraction of sp³-hybridized carbons (Fsp3) is 0.148. The normalized spacial score (nSPS) is 14.9. The number of rotatable bonds is 5. The predicted octanol–water partition coefficient (Wildman–Crippen LogP) is 5.58. The first-order chi connectivity index (χ1) is 16.9. The molecule has 2 heterocycles. The van der Waals surface area contributed by atoms with Crippen LogP contribution in [0.1, 0.15) is 45.0 Å². The molecule has 1 amide bonds. The highest BCUT2D eigenvalue weighted by atomic mass is 32.2. The van der Waals surface area contributed by atoms with E-state index in [1.807, 2.05) is 30.5 Å². The summed E-state index contributed by atoms with van der Waals surface area (Å²) < 4.78 is 24.8. The SMILES string of the molecule is CCOC(=O)c1ccc(N2C(=O)c3oc4ccc(F)cc4c(=O)c3C2c2ccc(SC)cc2)cc1. The van der Waals surface area contributed by atoms with Crippen molar-refractivity contribution in [2.24, 2.45) is 0 Å². The van der Waals surface area contributed by atoms with Gasteiger partial charge in [-0.25, -0.2) is 9.18 Å². The van der Waals surface area contributed by atoms with Gasteiger partial charge in [-0.2, -0.15) is 0 Å². The number of ether oxygens (including phenoxy) is 1. The van der Waals surface area contributed by atoms with Gasteiger partial charge in [-0.15, -0.1) is 11.8 Å². The molecule has 0 fully saturated rings. The second-order valence-electron chi connectivity index (χ2n) is 7.93. The molecule has 1 atom stereocenters. The Balaban J connectivity index is 1.70. The Labute approximate surface area is 204 Å². The molecule has 8 heteroatoms. The first-order valence-corrected chi connectivity index (χ1v) is 12.2. The number of esters is 1. The molecule has 0 saturated heterocycles. The topological polar surface area (TPSA) is 76.8 Å². The molecule has 3 aromatic carbocycles. The lowest BCUT2D eigenvalue weighted by Crippen LogP contribution is -2.29. The van der Waals surface area contributed by atoms with E-state index in [1.165, 1.54) is 17.0 Å². The molecule has 1 aliphatic rings. The van der Waals surface area contributed by atoms with Gasteiger partial charge in [-0.1, -0.05) is 12.1 Å². The fourth-order valence-electron chi connectivity index (χ4n) is 4.29. The van der Waals surface area contributed by atoms with Crippen molar-refractivity contribution >= 4 is 40.3 Å². The van der Waals surface area contributed by atoms with Gasteiger partial charge >= 0.3 is 5.97 Å². The molecule has 1 aliphatic heterocycles. The Morgan fingerprint density at radius 2 is 1.77 bits per heavy atom. The Morgan fingerprint density at radius 1 is 1.06 bits per heavy atom. The van der Waals surface area contributed by atoms with E-state index in [0.717, 1.165) is 11.0 Å². The van der Waals surface area contributed by atoms with E-state index in [0.29, 0.717) is 16.8 Å². The lowest BCUT2D eigenvalue weighted by Gasteiger charge is -2.25. The first kappa shape index (κ1) is 22.9. The van der Waals surface area contributed by atoms with Crippen molar-refractivity contribution in [3.63, 3.8) is 0 Å². The van der Waals surface area contributed by atoms with Crippen LogP contribution in [0.5, 0.6) is 0 Å². The minimum absolute atomic E-state index is 0.0711. The third-order valence-corrected chi connectivity index (χ3v) is 6.66. The smallest absolute Gasteiger partial charge is 0.338 e. The van der Waals surface area contributed by atoms with Crippen molar-refractivity contribution in [2.75, 3.05) is 17.8 Å². The monoisotopic (exact) mass is 489 g/mol. The summed E-state index contributed by atoms with van der Waals surface area (Å²) in [5, 5.41) is 0.0711. The van der Waals surface area contributed by atoms with Crippen LogP contribution in [0.15, 0.2) is 80.8 Å².